The first-order chi connectivity index (χ1) is 18.9. The predicted octanol–water partition coefficient (Wildman–Crippen LogP) is 5.07. The van der Waals surface area contributed by atoms with Crippen LogP contribution in [0.4, 0.5) is 11.5 Å². The Hall–Kier alpha value is -4.51. The molecule has 2 aromatic heterocycles. The molecule has 0 spiro atoms. The summed E-state index contributed by atoms with van der Waals surface area (Å²) in [5, 5.41) is 7.35. The van der Waals surface area contributed by atoms with Crippen molar-refractivity contribution >= 4 is 45.1 Å². The molecule has 0 aliphatic rings. The van der Waals surface area contributed by atoms with Crippen molar-refractivity contribution in [1.29, 1.82) is 0 Å². The smallest absolute Gasteiger partial charge is 0.330 e. The minimum atomic E-state index is -3.97. The molecule has 4 aromatic rings. The van der Waals surface area contributed by atoms with Crippen LogP contribution in [0.1, 0.15) is 38.8 Å². The highest BCUT2D eigenvalue weighted by Gasteiger charge is 2.22. The fourth-order valence-electron chi connectivity index (χ4n) is 3.64. The summed E-state index contributed by atoms with van der Waals surface area (Å²) in [4.78, 5) is 28.7. The maximum absolute atomic E-state index is 13.1. The Morgan fingerprint density at radius 2 is 1.85 bits per heavy atom. The highest BCUT2D eigenvalue weighted by molar-refractivity contribution is 7.92. The maximum Gasteiger partial charge on any atom is 0.330 e. The third kappa shape index (κ3) is 6.73. The molecule has 1 amide bonds. The number of benzene rings is 2. The van der Waals surface area contributed by atoms with Crippen LogP contribution >= 0.6 is 0 Å². The number of aromatic nitrogens is 3. The van der Waals surface area contributed by atoms with Gasteiger partial charge in [-0.1, -0.05) is 45.0 Å². The van der Waals surface area contributed by atoms with Crippen LogP contribution < -0.4 is 10.0 Å². The highest BCUT2D eigenvalue weighted by Crippen LogP contribution is 2.27. The Balaban J connectivity index is 1.56. The zero-order chi connectivity index (χ0) is 29.1. The number of imidazole rings is 1. The van der Waals surface area contributed by atoms with Gasteiger partial charge in [0.25, 0.3) is 10.0 Å². The summed E-state index contributed by atoms with van der Waals surface area (Å²) < 4.78 is 34.9. The van der Waals surface area contributed by atoms with Crippen molar-refractivity contribution in [2.45, 2.75) is 39.5 Å². The van der Waals surface area contributed by atoms with E-state index in [9.17, 15) is 18.0 Å². The summed E-state index contributed by atoms with van der Waals surface area (Å²) in [7, 11) is -3.97. The minimum Gasteiger partial charge on any atom is -0.463 e. The summed E-state index contributed by atoms with van der Waals surface area (Å²) in [6.45, 7) is 9.41. The van der Waals surface area contributed by atoms with E-state index in [1.54, 1.807) is 31.3 Å². The van der Waals surface area contributed by atoms with Crippen LogP contribution in [0.5, 0.6) is 0 Å². The molecule has 2 N–H and O–H groups in total. The van der Waals surface area contributed by atoms with E-state index in [4.69, 9.17) is 4.74 Å². The number of anilines is 2. The number of aryl methyl sites for hydroxylation is 1. The molecule has 0 atom stereocenters. The first-order valence-electron chi connectivity index (χ1n) is 12.6. The molecule has 40 heavy (non-hydrogen) atoms. The van der Waals surface area contributed by atoms with Gasteiger partial charge in [0.15, 0.2) is 11.5 Å². The number of sulfonamides is 1. The summed E-state index contributed by atoms with van der Waals surface area (Å²) in [5.74, 6) is -0.504. The van der Waals surface area contributed by atoms with E-state index in [2.05, 4.69) is 20.1 Å². The molecule has 0 fully saturated rings. The molecule has 0 saturated carbocycles. The monoisotopic (exact) mass is 561 g/mol. The number of nitrogens with zero attached hydrogens (tertiary/aromatic N) is 3. The molecule has 2 aromatic carbocycles. The second-order valence-electron chi connectivity index (χ2n) is 10.1. The van der Waals surface area contributed by atoms with Gasteiger partial charge >= 0.3 is 5.97 Å². The Morgan fingerprint density at radius 3 is 2.58 bits per heavy atom. The van der Waals surface area contributed by atoms with Crippen molar-refractivity contribution in [2.24, 2.45) is 5.41 Å². The third-order valence-electron chi connectivity index (χ3n) is 5.89. The van der Waals surface area contributed by atoms with E-state index < -0.39 is 21.4 Å². The van der Waals surface area contributed by atoms with Crippen molar-refractivity contribution < 1.29 is 22.7 Å². The Kier molecular flexibility index (Phi) is 8.06. The number of nitrogens with one attached hydrogen (secondary N) is 2. The summed E-state index contributed by atoms with van der Waals surface area (Å²) in [5.41, 5.74) is 3.49. The predicted molar refractivity (Wildman–Crippen MR) is 154 cm³/mol. The largest absolute Gasteiger partial charge is 0.463 e. The topological polar surface area (TPSA) is 132 Å². The Labute approximate surface area is 233 Å². The maximum atomic E-state index is 13.1. The molecular formula is C29H31N5O5S. The van der Waals surface area contributed by atoms with Crippen LogP contribution in [0.25, 0.3) is 23.0 Å². The molecule has 2 heterocycles. The lowest BCUT2D eigenvalue weighted by molar-refractivity contribution is -0.137. The molecule has 208 valence electrons. The highest BCUT2D eigenvalue weighted by atomic mass is 32.2. The molecule has 11 heteroatoms. The van der Waals surface area contributed by atoms with Gasteiger partial charge in [0.05, 0.1) is 23.4 Å². The molecule has 0 aliphatic carbocycles. The van der Waals surface area contributed by atoms with Crippen LogP contribution in [-0.4, -0.2) is 41.5 Å². The minimum absolute atomic E-state index is 0.0104. The SMILES string of the molecule is CCOC(=O)C=Cc1cccc(S(=O)(=O)Nc2ccc3nc(-c4ccc(C)c(NC(=O)C(C)(C)C)c4)cn3n2)c1. The second kappa shape index (κ2) is 11.3. The van der Waals surface area contributed by atoms with Crippen molar-refractivity contribution in [1.82, 2.24) is 14.6 Å². The van der Waals surface area contributed by atoms with Gasteiger partial charge in [-0.15, -0.1) is 5.10 Å². The van der Waals surface area contributed by atoms with Crippen molar-refractivity contribution in [3.63, 3.8) is 0 Å². The van der Waals surface area contributed by atoms with Gasteiger partial charge in [-0.3, -0.25) is 9.52 Å². The number of rotatable bonds is 8. The molecule has 0 bridgehead atoms. The van der Waals surface area contributed by atoms with E-state index in [-0.39, 0.29) is 23.2 Å². The lowest BCUT2D eigenvalue weighted by Crippen LogP contribution is -2.27. The number of ether oxygens (including phenoxy) is 1. The van der Waals surface area contributed by atoms with Crippen LogP contribution in [0, 0.1) is 12.3 Å². The molecule has 10 nitrogen and oxygen atoms in total. The van der Waals surface area contributed by atoms with Gasteiger partial charge < -0.3 is 10.1 Å². The molecule has 4 rings (SSSR count). The first kappa shape index (κ1) is 28.5. The number of esters is 1. The normalized spacial score (nSPS) is 12.0. The average Bonchev–Trinajstić information content (AvgIpc) is 3.32. The number of hydrogen-bond acceptors (Lipinski definition) is 7. The fraction of sp³-hybridized carbons (Fsp3) is 0.241. The number of hydrogen-bond donors (Lipinski definition) is 2. The average molecular weight is 562 g/mol. The summed E-state index contributed by atoms with van der Waals surface area (Å²) in [6.07, 6.45) is 4.41. The van der Waals surface area contributed by atoms with Crippen molar-refractivity contribution in [3.8, 4) is 11.3 Å². The van der Waals surface area contributed by atoms with Crippen LogP contribution in [0.3, 0.4) is 0 Å². The number of carbonyl (C=O) groups is 2. The van der Waals surface area contributed by atoms with Gasteiger partial charge in [0.2, 0.25) is 5.91 Å². The summed E-state index contributed by atoms with van der Waals surface area (Å²) >= 11 is 0. The lowest BCUT2D eigenvalue weighted by atomic mass is 9.95. The number of carbonyl (C=O) groups excluding carboxylic acids is 2. The van der Waals surface area contributed by atoms with Gasteiger partial charge in [0, 0.05) is 22.7 Å². The molecule has 0 unspecified atom stereocenters. The second-order valence-corrected chi connectivity index (χ2v) is 11.8. The molecule has 0 aliphatic heterocycles. The van der Waals surface area contributed by atoms with Gasteiger partial charge in [-0.05, 0) is 61.4 Å². The van der Waals surface area contributed by atoms with Crippen LogP contribution in [-0.2, 0) is 24.3 Å². The first-order valence-corrected chi connectivity index (χ1v) is 14.1. The van der Waals surface area contributed by atoms with Crippen LogP contribution in [0.2, 0.25) is 0 Å². The van der Waals surface area contributed by atoms with Crippen molar-refractivity contribution in [3.05, 3.63) is 78.0 Å². The van der Waals surface area contributed by atoms with Gasteiger partial charge in [-0.2, -0.15) is 0 Å². The quantitative estimate of drug-likeness (QED) is 0.227. The summed E-state index contributed by atoms with van der Waals surface area (Å²) in [6, 6.07) is 15.0. The van der Waals surface area contributed by atoms with Gasteiger partial charge in [-0.25, -0.2) is 22.7 Å². The van der Waals surface area contributed by atoms with Crippen molar-refractivity contribution in [2.75, 3.05) is 16.6 Å². The van der Waals surface area contributed by atoms with Gasteiger partial charge in [0.1, 0.15) is 0 Å². The van der Waals surface area contributed by atoms with Crippen LogP contribution in [0.15, 0.2) is 71.8 Å². The van der Waals surface area contributed by atoms with E-state index in [0.29, 0.717) is 22.6 Å². The molecular weight excluding hydrogens is 530 g/mol. The van der Waals surface area contributed by atoms with E-state index in [1.807, 2.05) is 45.9 Å². The third-order valence-corrected chi connectivity index (χ3v) is 7.24. The number of fused-ring (bicyclic) bond motifs is 1. The molecule has 0 radical (unpaired) electrons. The van der Waals surface area contributed by atoms with E-state index >= 15 is 0 Å². The number of amides is 1. The Morgan fingerprint density at radius 1 is 1.07 bits per heavy atom. The zero-order valence-corrected chi connectivity index (χ0v) is 23.7. The zero-order valence-electron chi connectivity index (χ0n) is 22.9. The Bertz CT molecular complexity index is 1720. The fourth-order valence-corrected chi connectivity index (χ4v) is 4.69. The van der Waals surface area contributed by atoms with E-state index in [0.717, 1.165) is 11.1 Å². The van der Waals surface area contributed by atoms with E-state index in [1.165, 1.54) is 34.9 Å². The lowest BCUT2D eigenvalue weighted by Gasteiger charge is -2.19. The molecule has 0 saturated heterocycles. The standard InChI is InChI=1S/C29H31N5O5S/c1-6-39-27(35)15-11-20-8-7-9-22(16-20)40(37,38)33-25-13-14-26-30-24(18-34(26)32-25)21-12-10-19(2)23(17-21)31-28(36)29(3,4)5/h7-18H,6H2,1-5H3,(H,31,36)(H,32,33).